The van der Waals surface area contributed by atoms with Crippen molar-refractivity contribution in [1.82, 2.24) is 5.32 Å². The number of carbonyl (C=O) groups is 1. The maximum atomic E-state index is 11.7. The molecule has 0 radical (unpaired) electrons. The highest BCUT2D eigenvalue weighted by molar-refractivity contribution is 5.77. The first-order valence-electron chi connectivity index (χ1n) is 7.75. The highest BCUT2D eigenvalue weighted by atomic mass is 16.5. The minimum absolute atomic E-state index is 0.0569. The van der Waals surface area contributed by atoms with Gasteiger partial charge in [0, 0.05) is 12.6 Å². The van der Waals surface area contributed by atoms with Gasteiger partial charge in [0.25, 0.3) is 5.91 Å². The summed E-state index contributed by atoms with van der Waals surface area (Å²) >= 11 is 0. The molecule has 1 amide bonds. The quantitative estimate of drug-likeness (QED) is 0.735. The number of hydrogen-bond donors (Lipinski definition) is 2. The molecule has 1 unspecified atom stereocenters. The molecule has 0 saturated heterocycles. The first-order chi connectivity index (χ1) is 10.0. The molecule has 0 fully saturated rings. The Hall–Kier alpha value is -1.55. The fourth-order valence-corrected chi connectivity index (χ4v) is 1.91. The van der Waals surface area contributed by atoms with E-state index in [0.717, 1.165) is 30.6 Å². The third-order valence-corrected chi connectivity index (χ3v) is 3.33. The molecule has 1 aromatic carbocycles. The van der Waals surface area contributed by atoms with Gasteiger partial charge in [-0.15, -0.1) is 0 Å². The summed E-state index contributed by atoms with van der Waals surface area (Å²) in [6.45, 7) is 7.10. The normalized spacial score (nSPS) is 12.2. The van der Waals surface area contributed by atoms with Crippen LogP contribution < -0.4 is 15.8 Å². The molecule has 0 bridgehead atoms. The number of nitrogens with one attached hydrogen (secondary N) is 1. The zero-order valence-electron chi connectivity index (χ0n) is 13.4. The van der Waals surface area contributed by atoms with Crippen LogP contribution in [0.25, 0.3) is 0 Å². The number of nitrogens with two attached hydrogens (primary N) is 1. The van der Waals surface area contributed by atoms with Crippen molar-refractivity contribution in [3.63, 3.8) is 0 Å². The van der Waals surface area contributed by atoms with Crippen LogP contribution in [-0.2, 0) is 11.2 Å². The Bertz CT molecular complexity index is 433. The molecule has 1 aromatic rings. The van der Waals surface area contributed by atoms with E-state index in [-0.39, 0.29) is 18.6 Å². The number of ether oxygens (including phenoxy) is 1. The minimum atomic E-state index is -0.0775. The SMILES string of the molecule is CCC(N)Cc1cccc(OCC(=O)NCCC(C)C)c1. The van der Waals surface area contributed by atoms with Crippen LogP contribution in [-0.4, -0.2) is 25.1 Å². The third-order valence-electron chi connectivity index (χ3n) is 3.33. The predicted molar refractivity (Wildman–Crippen MR) is 86.4 cm³/mol. The summed E-state index contributed by atoms with van der Waals surface area (Å²) in [6, 6.07) is 7.95. The lowest BCUT2D eigenvalue weighted by Crippen LogP contribution is -2.30. The van der Waals surface area contributed by atoms with Gasteiger partial charge in [-0.1, -0.05) is 32.9 Å². The first-order valence-corrected chi connectivity index (χ1v) is 7.75. The van der Waals surface area contributed by atoms with E-state index in [9.17, 15) is 4.79 Å². The van der Waals surface area contributed by atoms with Crippen LogP contribution in [0.1, 0.15) is 39.2 Å². The number of amides is 1. The van der Waals surface area contributed by atoms with Crippen molar-refractivity contribution in [2.75, 3.05) is 13.2 Å². The Labute approximate surface area is 128 Å². The fourth-order valence-electron chi connectivity index (χ4n) is 1.91. The lowest BCUT2D eigenvalue weighted by Gasteiger charge is -2.11. The maximum Gasteiger partial charge on any atom is 0.257 e. The van der Waals surface area contributed by atoms with Gasteiger partial charge in [0.1, 0.15) is 5.75 Å². The van der Waals surface area contributed by atoms with Gasteiger partial charge >= 0.3 is 0 Å². The Morgan fingerprint density at radius 1 is 1.38 bits per heavy atom. The fraction of sp³-hybridized carbons (Fsp3) is 0.588. The predicted octanol–water partition coefficient (Wildman–Crippen LogP) is 2.51. The summed E-state index contributed by atoms with van der Waals surface area (Å²) in [7, 11) is 0. The van der Waals surface area contributed by atoms with E-state index >= 15 is 0 Å². The van der Waals surface area contributed by atoms with Gasteiger partial charge in [-0.2, -0.15) is 0 Å². The molecular weight excluding hydrogens is 264 g/mol. The highest BCUT2D eigenvalue weighted by Crippen LogP contribution is 2.15. The summed E-state index contributed by atoms with van der Waals surface area (Å²) in [5.41, 5.74) is 7.09. The molecule has 0 aliphatic rings. The smallest absolute Gasteiger partial charge is 0.257 e. The number of benzene rings is 1. The van der Waals surface area contributed by atoms with E-state index in [1.54, 1.807) is 0 Å². The van der Waals surface area contributed by atoms with Crippen LogP contribution in [0.5, 0.6) is 5.75 Å². The van der Waals surface area contributed by atoms with Gasteiger partial charge in [-0.3, -0.25) is 4.79 Å². The molecular formula is C17H28N2O2. The van der Waals surface area contributed by atoms with Crippen LogP contribution >= 0.6 is 0 Å². The molecule has 1 atom stereocenters. The summed E-state index contributed by atoms with van der Waals surface area (Å²) in [5.74, 6) is 1.23. The Kier molecular flexibility index (Phi) is 7.83. The van der Waals surface area contributed by atoms with Gasteiger partial charge < -0.3 is 15.8 Å². The van der Waals surface area contributed by atoms with Gasteiger partial charge in [0.2, 0.25) is 0 Å². The minimum Gasteiger partial charge on any atom is -0.484 e. The van der Waals surface area contributed by atoms with Crippen molar-refractivity contribution in [2.24, 2.45) is 11.7 Å². The van der Waals surface area contributed by atoms with Crippen molar-refractivity contribution in [1.29, 1.82) is 0 Å². The summed E-state index contributed by atoms with van der Waals surface area (Å²) in [6.07, 6.45) is 2.76. The molecule has 4 nitrogen and oxygen atoms in total. The van der Waals surface area contributed by atoms with Crippen molar-refractivity contribution < 1.29 is 9.53 Å². The first kappa shape index (κ1) is 17.5. The Morgan fingerprint density at radius 2 is 2.14 bits per heavy atom. The van der Waals surface area contributed by atoms with Gasteiger partial charge in [-0.05, 0) is 42.9 Å². The van der Waals surface area contributed by atoms with E-state index in [0.29, 0.717) is 12.5 Å². The van der Waals surface area contributed by atoms with E-state index < -0.39 is 0 Å². The molecule has 1 rings (SSSR count). The average molecular weight is 292 g/mol. The highest BCUT2D eigenvalue weighted by Gasteiger charge is 2.05. The van der Waals surface area contributed by atoms with Crippen LogP contribution in [0.4, 0.5) is 0 Å². The van der Waals surface area contributed by atoms with Crippen molar-refractivity contribution >= 4 is 5.91 Å². The molecule has 0 aliphatic carbocycles. The van der Waals surface area contributed by atoms with Gasteiger partial charge in [0.15, 0.2) is 6.61 Å². The van der Waals surface area contributed by atoms with Gasteiger partial charge in [-0.25, -0.2) is 0 Å². The second-order valence-electron chi connectivity index (χ2n) is 5.84. The average Bonchev–Trinajstić information content (AvgIpc) is 2.45. The van der Waals surface area contributed by atoms with Crippen molar-refractivity contribution in [2.45, 2.75) is 46.1 Å². The molecule has 3 N–H and O–H groups in total. The van der Waals surface area contributed by atoms with Crippen LogP contribution in [0.15, 0.2) is 24.3 Å². The van der Waals surface area contributed by atoms with E-state index in [1.807, 2.05) is 24.3 Å². The molecule has 4 heteroatoms. The van der Waals surface area contributed by atoms with Crippen LogP contribution in [0.3, 0.4) is 0 Å². The largest absolute Gasteiger partial charge is 0.484 e. The Morgan fingerprint density at radius 3 is 2.81 bits per heavy atom. The second kappa shape index (κ2) is 9.40. The van der Waals surface area contributed by atoms with Crippen LogP contribution in [0.2, 0.25) is 0 Å². The summed E-state index contributed by atoms with van der Waals surface area (Å²) in [5, 5.41) is 2.86. The van der Waals surface area contributed by atoms with Crippen molar-refractivity contribution in [3.8, 4) is 5.75 Å². The molecule has 21 heavy (non-hydrogen) atoms. The number of hydrogen-bond acceptors (Lipinski definition) is 3. The van der Waals surface area contributed by atoms with E-state index in [2.05, 4.69) is 26.1 Å². The second-order valence-corrected chi connectivity index (χ2v) is 5.84. The molecule has 0 heterocycles. The lowest BCUT2D eigenvalue weighted by molar-refractivity contribution is -0.123. The Balaban J connectivity index is 2.37. The number of carbonyl (C=O) groups excluding carboxylic acids is 1. The maximum absolute atomic E-state index is 11.7. The zero-order valence-corrected chi connectivity index (χ0v) is 13.4. The van der Waals surface area contributed by atoms with E-state index in [1.165, 1.54) is 0 Å². The number of rotatable bonds is 9. The molecule has 0 spiro atoms. The lowest BCUT2D eigenvalue weighted by atomic mass is 10.0. The molecule has 0 saturated carbocycles. The van der Waals surface area contributed by atoms with E-state index in [4.69, 9.17) is 10.5 Å². The monoisotopic (exact) mass is 292 g/mol. The zero-order chi connectivity index (χ0) is 15.7. The molecule has 0 aromatic heterocycles. The molecule has 118 valence electrons. The summed E-state index contributed by atoms with van der Waals surface area (Å²) in [4.78, 5) is 11.7. The summed E-state index contributed by atoms with van der Waals surface area (Å²) < 4.78 is 5.53. The third kappa shape index (κ3) is 7.71. The standard InChI is InChI=1S/C17H28N2O2/c1-4-15(18)10-14-6-5-7-16(11-14)21-12-17(20)19-9-8-13(2)3/h5-7,11,13,15H,4,8-10,12,18H2,1-3H3,(H,19,20). The van der Waals surface area contributed by atoms with Crippen molar-refractivity contribution in [3.05, 3.63) is 29.8 Å². The van der Waals surface area contributed by atoms with Crippen LogP contribution in [0, 0.1) is 5.92 Å². The van der Waals surface area contributed by atoms with Gasteiger partial charge in [0.05, 0.1) is 0 Å². The molecule has 0 aliphatic heterocycles. The topological polar surface area (TPSA) is 64.3 Å².